The lowest BCUT2D eigenvalue weighted by atomic mass is 9.53. The maximum Gasteiger partial charge on any atom is 0.218 e. The molecule has 0 unspecified atom stereocenters. The highest BCUT2D eigenvalue weighted by atomic mass is 32.3. The number of benzene rings is 1. The molecule has 1 spiro atoms. The monoisotopic (exact) mass is 379 g/mol. The number of ether oxygens (including phenoxy) is 1. The van der Waals surface area contributed by atoms with E-state index in [1.807, 2.05) is 12.1 Å². The number of phenols is 1. The topological polar surface area (TPSA) is 95.9 Å². The molecule has 4 aliphatic rings. The Morgan fingerprint density at radius 3 is 2.85 bits per heavy atom. The second-order valence-corrected chi connectivity index (χ2v) is 9.44. The van der Waals surface area contributed by atoms with E-state index in [-0.39, 0.29) is 11.7 Å². The molecule has 8 heteroatoms. The Kier molecular flexibility index (Phi) is 3.06. The molecule has 1 fully saturated rings. The minimum absolute atomic E-state index is 0.0489. The summed E-state index contributed by atoms with van der Waals surface area (Å²) in [5.74, 6) is 0.609. The van der Waals surface area contributed by atoms with Crippen molar-refractivity contribution < 1.29 is 31.5 Å². The predicted molar refractivity (Wildman–Crippen MR) is 90.5 cm³/mol. The van der Waals surface area contributed by atoms with Crippen molar-refractivity contribution in [3.63, 3.8) is 0 Å². The first-order valence-electron chi connectivity index (χ1n) is 8.80. The van der Waals surface area contributed by atoms with E-state index < -0.39 is 28.0 Å². The van der Waals surface area contributed by atoms with Gasteiger partial charge < -0.3 is 18.9 Å². The van der Waals surface area contributed by atoms with Gasteiger partial charge in [0.05, 0.1) is 26.1 Å². The summed E-state index contributed by atoms with van der Waals surface area (Å²) in [4.78, 5) is 0. The molecule has 0 aromatic heterocycles. The van der Waals surface area contributed by atoms with Crippen LogP contribution < -0.4 is 4.74 Å². The number of quaternary nitrogens is 1. The van der Waals surface area contributed by atoms with Gasteiger partial charge >= 0.3 is 0 Å². The van der Waals surface area contributed by atoms with Gasteiger partial charge in [-0.25, -0.2) is 8.42 Å². The average Bonchev–Trinajstić information content (AvgIpc) is 2.89. The summed E-state index contributed by atoms with van der Waals surface area (Å²) in [7, 11) is -0.440. The zero-order chi connectivity index (χ0) is 18.5. The number of nitrogens with zero attached hydrogens (tertiary/aromatic N) is 1. The summed E-state index contributed by atoms with van der Waals surface area (Å²) in [6.07, 6.45) is 3.68. The summed E-state index contributed by atoms with van der Waals surface area (Å²) >= 11 is 0. The number of phenolic OH excluding ortho intramolecular Hbond substituents is 1. The van der Waals surface area contributed by atoms with Crippen LogP contribution >= 0.6 is 0 Å². The van der Waals surface area contributed by atoms with E-state index in [9.17, 15) is 18.1 Å². The van der Waals surface area contributed by atoms with Crippen LogP contribution in [0, 0.1) is 5.92 Å². The number of hydrogen-bond donors (Lipinski definition) is 1. The van der Waals surface area contributed by atoms with Crippen molar-refractivity contribution in [1.82, 2.24) is 0 Å². The van der Waals surface area contributed by atoms with Crippen LogP contribution in [0.4, 0.5) is 0 Å². The molecular weight excluding hydrogens is 358 g/mol. The molecule has 1 aromatic rings. The molecular formula is C18H21NO6S. The van der Waals surface area contributed by atoms with Gasteiger partial charge in [0, 0.05) is 24.3 Å². The van der Waals surface area contributed by atoms with E-state index in [0.717, 1.165) is 35.0 Å². The van der Waals surface area contributed by atoms with Gasteiger partial charge in [0.15, 0.2) is 11.5 Å². The summed E-state index contributed by atoms with van der Waals surface area (Å²) in [6.45, 7) is 0.903. The quantitative estimate of drug-likeness (QED) is 0.354. The molecule has 5 rings (SSSR count). The van der Waals surface area contributed by atoms with Gasteiger partial charge in [0.1, 0.15) is 18.2 Å². The Labute approximate surface area is 152 Å². The SMILES string of the molecule is C[N+]1(C)CC[C@]23c4c5ccc(O)c4O[C@H]2[C@@H](OS(=O)(=O)[O-])C=C[C@H]3[C@H]1C5. The van der Waals surface area contributed by atoms with Crippen molar-refractivity contribution in [2.24, 2.45) is 5.92 Å². The van der Waals surface area contributed by atoms with Gasteiger partial charge in [-0.15, -0.1) is 0 Å². The first kappa shape index (κ1) is 16.6. The largest absolute Gasteiger partial charge is 0.726 e. The first-order valence-corrected chi connectivity index (χ1v) is 10.1. The number of piperidine rings is 1. The minimum atomic E-state index is -4.87. The van der Waals surface area contributed by atoms with Crippen LogP contribution in [0.2, 0.25) is 0 Å². The van der Waals surface area contributed by atoms with Gasteiger partial charge in [-0.2, -0.15) is 0 Å². The third-order valence-electron chi connectivity index (χ3n) is 6.91. The molecule has 2 aliphatic heterocycles. The van der Waals surface area contributed by atoms with Crippen LogP contribution in [0.15, 0.2) is 24.3 Å². The summed E-state index contributed by atoms with van der Waals surface area (Å²) < 4.78 is 45.5. The Balaban J connectivity index is 1.75. The molecule has 140 valence electrons. The summed E-state index contributed by atoms with van der Waals surface area (Å²) in [6, 6.07) is 3.89. The molecule has 0 radical (unpaired) electrons. The van der Waals surface area contributed by atoms with Crippen LogP contribution in [0.25, 0.3) is 0 Å². The minimum Gasteiger partial charge on any atom is -0.726 e. The molecule has 0 amide bonds. The maximum absolute atomic E-state index is 11.2. The third-order valence-corrected chi connectivity index (χ3v) is 7.37. The number of likely N-dealkylation sites (N-methyl/N-ethyl adjacent to an activating group) is 1. The molecule has 7 nitrogen and oxygen atoms in total. The van der Waals surface area contributed by atoms with Gasteiger partial charge in [0.25, 0.3) is 0 Å². The van der Waals surface area contributed by atoms with Gasteiger partial charge in [-0.3, -0.25) is 4.18 Å². The van der Waals surface area contributed by atoms with Gasteiger partial charge in [-0.05, 0) is 11.6 Å². The van der Waals surface area contributed by atoms with Crippen LogP contribution in [0.3, 0.4) is 0 Å². The average molecular weight is 379 g/mol. The molecule has 2 bridgehead atoms. The Hall–Kier alpha value is -1.61. The molecule has 2 heterocycles. The van der Waals surface area contributed by atoms with E-state index in [4.69, 9.17) is 8.92 Å². The molecule has 26 heavy (non-hydrogen) atoms. The third kappa shape index (κ3) is 1.95. The highest BCUT2D eigenvalue weighted by molar-refractivity contribution is 7.80. The van der Waals surface area contributed by atoms with E-state index in [0.29, 0.717) is 11.8 Å². The Bertz CT molecular complexity index is 939. The van der Waals surface area contributed by atoms with Crippen LogP contribution in [-0.4, -0.2) is 61.4 Å². The normalized spacial score (nSPS) is 38.6. The highest BCUT2D eigenvalue weighted by Crippen LogP contribution is 2.63. The summed E-state index contributed by atoms with van der Waals surface area (Å²) in [5, 5.41) is 10.4. The first-order chi connectivity index (χ1) is 12.1. The summed E-state index contributed by atoms with van der Waals surface area (Å²) in [5.41, 5.74) is 1.64. The highest BCUT2D eigenvalue weighted by Gasteiger charge is 2.67. The van der Waals surface area contributed by atoms with E-state index in [1.165, 1.54) is 0 Å². The standard InChI is InChI=1S/C18H21NO6S/c1-19(2)8-7-18-11-4-6-14(25-26(21,22)23)17(18)24-16-13(20)5-3-10(15(16)18)9-12(11)19/h3-6,11-12,14,17H,7-9H2,1-2H3,(H-,20,21,22,23)/t11-,12+,14-,17-,18-/m0/s1. The van der Waals surface area contributed by atoms with Crippen LogP contribution in [0.5, 0.6) is 11.5 Å². The zero-order valence-corrected chi connectivity index (χ0v) is 15.4. The predicted octanol–water partition coefficient (Wildman–Crippen LogP) is 0.827. The fourth-order valence-corrected chi connectivity index (χ4v) is 6.24. The van der Waals surface area contributed by atoms with Crippen LogP contribution in [-0.2, 0) is 26.4 Å². The van der Waals surface area contributed by atoms with Gasteiger partial charge in [-0.1, -0.05) is 18.2 Å². The van der Waals surface area contributed by atoms with E-state index in [2.05, 4.69) is 14.1 Å². The lowest BCUT2D eigenvalue weighted by Gasteiger charge is -2.58. The van der Waals surface area contributed by atoms with Gasteiger partial charge in [0.2, 0.25) is 10.4 Å². The van der Waals surface area contributed by atoms with Crippen molar-refractivity contribution >= 4 is 10.4 Å². The molecule has 5 atom stereocenters. The molecule has 2 aliphatic carbocycles. The zero-order valence-electron chi connectivity index (χ0n) is 14.6. The van der Waals surface area contributed by atoms with E-state index >= 15 is 0 Å². The fourth-order valence-electron chi connectivity index (χ4n) is 5.80. The molecule has 0 saturated carbocycles. The smallest absolute Gasteiger partial charge is 0.218 e. The Morgan fingerprint density at radius 1 is 1.35 bits per heavy atom. The van der Waals surface area contributed by atoms with Crippen molar-refractivity contribution in [2.45, 2.75) is 36.5 Å². The molecule has 1 saturated heterocycles. The second-order valence-electron chi connectivity index (χ2n) is 8.43. The van der Waals surface area contributed by atoms with E-state index in [1.54, 1.807) is 12.1 Å². The lowest BCUT2D eigenvalue weighted by Crippen LogP contribution is -2.70. The Morgan fingerprint density at radius 2 is 2.12 bits per heavy atom. The fraction of sp³-hybridized carbons (Fsp3) is 0.556. The number of aromatic hydroxyl groups is 1. The maximum atomic E-state index is 11.2. The van der Waals surface area contributed by atoms with Crippen molar-refractivity contribution in [3.05, 3.63) is 35.4 Å². The number of rotatable bonds is 2. The second kappa shape index (κ2) is 4.81. The van der Waals surface area contributed by atoms with Crippen molar-refractivity contribution in [1.29, 1.82) is 0 Å². The van der Waals surface area contributed by atoms with Crippen LogP contribution in [0.1, 0.15) is 17.5 Å². The van der Waals surface area contributed by atoms with Crippen molar-refractivity contribution in [3.8, 4) is 11.5 Å². The lowest BCUT2D eigenvalue weighted by molar-refractivity contribution is -0.926. The molecule has 1 N–H and O–H groups in total. The number of hydrogen-bond acceptors (Lipinski definition) is 6. The van der Waals surface area contributed by atoms with Crippen molar-refractivity contribution in [2.75, 3.05) is 20.6 Å². The number of likely N-dealkylation sites (tertiary alicyclic amines) is 1. The molecule has 1 aromatic carbocycles.